The first-order valence-electron chi connectivity index (χ1n) is 7.01. The average Bonchev–Trinajstić information content (AvgIpc) is 2.32. The van der Waals surface area contributed by atoms with Crippen molar-refractivity contribution in [1.29, 1.82) is 0 Å². The Labute approximate surface area is 109 Å². The van der Waals surface area contributed by atoms with Crippen molar-refractivity contribution < 1.29 is 9.59 Å². The van der Waals surface area contributed by atoms with Crippen LogP contribution in [0.15, 0.2) is 0 Å². The summed E-state index contributed by atoms with van der Waals surface area (Å²) in [5.41, 5.74) is -0.281. The van der Waals surface area contributed by atoms with E-state index in [-0.39, 0.29) is 29.4 Å². The first-order chi connectivity index (χ1) is 8.38. The van der Waals surface area contributed by atoms with E-state index in [1.165, 1.54) is 0 Å². The monoisotopic (exact) mass is 252 g/mol. The minimum absolute atomic E-state index is 0.147. The van der Waals surface area contributed by atoms with E-state index in [2.05, 4.69) is 0 Å². The smallest absolute Gasteiger partial charge is 0.246 e. The molecule has 2 aliphatic heterocycles. The summed E-state index contributed by atoms with van der Waals surface area (Å²) in [5.74, 6) is 0.297. The third-order valence-electron chi connectivity index (χ3n) is 4.01. The van der Waals surface area contributed by atoms with E-state index < -0.39 is 0 Å². The molecule has 0 aromatic rings. The minimum Gasteiger partial charge on any atom is -0.329 e. The molecule has 0 radical (unpaired) electrons. The number of fused-ring (bicyclic) bond motifs is 1. The van der Waals surface area contributed by atoms with Gasteiger partial charge < -0.3 is 9.80 Å². The molecule has 2 heterocycles. The summed E-state index contributed by atoms with van der Waals surface area (Å²) >= 11 is 0. The Morgan fingerprint density at radius 2 is 1.83 bits per heavy atom. The van der Waals surface area contributed by atoms with E-state index in [1.54, 1.807) is 0 Å². The summed E-state index contributed by atoms with van der Waals surface area (Å²) in [4.78, 5) is 28.8. The summed E-state index contributed by atoms with van der Waals surface area (Å²) in [7, 11) is 0. The number of hydrogen-bond acceptors (Lipinski definition) is 2. The Kier molecular flexibility index (Phi) is 3.39. The van der Waals surface area contributed by atoms with E-state index in [1.807, 2.05) is 37.5 Å². The quantitative estimate of drug-likeness (QED) is 0.714. The first-order valence-corrected chi connectivity index (χ1v) is 7.01. The van der Waals surface area contributed by atoms with Crippen LogP contribution in [0.4, 0.5) is 0 Å². The molecule has 102 valence electrons. The highest BCUT2D eigenvalue weighted by atomic mass is 16.2. The fourth-order valence-electron chi connectivity index (χ4n) is 3.22. The van der Waals surface area contributed by atoms with Gasteiger partial charge in [0.1, 0.15) is 12.1 Å². The van der Waals surface area contributed by atoms with Gasteiger partial charge in [-0.05, 0) is 46.5 Å². The van der Waals surface area contributed by atoms with Gasteiger partial charge in [0.2, 0.25) is 11.8 Å². The molecular formula is C14H24N2O2. The van der Waals surface area contributed by atoms with Crippen molar-refractivity contribution in [2.75, 3.05) is 6.54 Å². The molecule has 0 spiro atoms. The van der Waals surface area contributed by atoms with Gasteiger partial charge in [0.25, 0.3) is 0 Å². The predicted octanol–water partition coefficient (Wildman–Crippen LogP) is 1.79. The average molecular weight is 252 g/mol. The van der Waals surface area contributed by atoms with Crippen LogP contribution in [0.2, 0.25) is 0 Å². The highest BCUT2D eigenvalue weighted by molar-refractivity contribution is 5.97. The number of carbonyl (C=O) groups is 2. The largest absolute Gasteiger partial charge is 0.329 e. The van der Waals surface area contributed by atoms with Gasteiger partial charge in [0, 0.05) is 12.1 Å². The Balaban J connectivity index is 2.35. The lowest BCUT2D eigenvalue weighted by atomic mass is 9.90. The zero-order valence-corrected chi connectivity index (χ0v) is 11.9. The summed E-state index contributed by atoms with van der Waals surface area (Å²) in [5, 5.41) is 0. The number of carbonyl (C=O) groups excluding carboxylic acids is 2. The van der Waals surface area contributed by atoms with Crippen molar-refractivity contribution in [1.82, 2.24) is 9.80 Å². The molecule has 2 aliphatic rings. The SMILES string of the molecule is CCC1C(=O)N2CCCCC2C(=O)N1C(C)(C)C. The third kappa shape index (κ3) is 2.02. The van der Waals surface area contributed by atoms with Crippen molar-refractivity contribution in [2.24, 2.45) is 0 Å². The van der Waals surface area contributed by atoms with Gasteiger partial charge in [-0.15, -0.1) is 0 Å². The highest BCUT2D eigenvalue weighted by Crippen LogP contribution is 2.31. The number of amides is 2. The molecule has 0 aliphatic carbocycles. The maximum Gasteiger partial charge on any atom is 0.246 e. The maximum absolute atomic E-state index is 12.7. The molecule has 0 aromatic carbocycles. The van der Waals surface area contributed by atoms with Gasteiger partial charge >= 0.3 is 0 Å². The van der Waals surface area contributed by atoms with Gasteiger partial charge in [-0.1, -0.05) is 6.92 Å². The maximum atomic E-state index is 12.7. The number of hydrogen-bond donors (Lipinski definition) is 0. The number of piperidine rings is 1. The highest BCUT2D eigenvalue weighted by Gasteiger charge is 2.48. The molecule has 2 unspecified atom stereocenters. The lowest BCUT2D eigenvalue weighted by Crippen LogP contribution is -2.69. The van der Waals surface area contributed by atoms with Crippen molar-refractivity contribution in [2.45, 2.75) is 71.0 Å². The fourth-order valence-corrected chi connectivity index (χ4v) is 3.22. The number of rotatable bonds is 1. The molecule has 2 fully saturated rings. The molecule has 0 bridgehead atoms. The van der Waals surface area contributed by atoms with E-state index in [9.17, 15) is 9.59 Å². The van der Waals surface area contributed by atoms with Crippen LogP contribution in [-0.4, -0.2) is 45.8 Å². The third-order valence-corrected chi connectivity index (χ3v) is 4.01. The Morgan fingerprint density at radius 3 is 2.39 bits per heavy atom. The topological polar surface area (TPSA) is 40.6 Å². The molecule has 4 nitrogen and oxygen atoms in total. The Bertz CT molecular complexity index is 359. The van der Waals surface area contributed by atoms with Crippen LogP contribution in [0.5, 0.6) is 0 Å². The van der Waals surface area contributed by atoms with Crippen molar-refractivity contribution in [3.8, 4) is 0 Å². The van der Waals surface area contributed by atoms with Gasteiger partial charge in [-0.25, -0.2) is 0 Å². The molecule has 2 atom stereocenters. The van der Waals surface area contributed by atoms with Crippen molar-refractivity contribution >= 4 is 11.8 Å². The van der Waals surface area contributed by atoms with Crippen LogP contribution in [-0.2, 0) is 9.59 Å². The van der Waals surface area contributed by atoms with E-state index in [4.69, 9.17) is 0 Å². The molecule has 2 saturated heterocycles. The minimum atomic E-state index is -0.281. The van der Waals surface area contributed by atoms with Crippen LogP contribution in [0.3, 0.4) is 0 Å². The van der Waals surface area contributed by atoms with Crippen LogP contribution >= 0.6 is 0 Å². The van der Waals surface area contributed by atoms with E-state index in [0.29, 0.717) is 6.42 Å². The first kappa shape index (κ1) is 13.4. The molecule has 0 saturated carbocycles. The standard InChI is InChI=1S/C14H24N2O2/c1-5-10-12(17)15-9-7-6-8-11(15)13(18)16(10)14(2,3)4/h10-11H,5-9H2,1-4H3. The second-order valence-electron chi connectivity index (χ2n) is 6.35. The second-order valence-corrected chi connectivity index (χ2v) is 6.35. The fraction of sp³-hybridized carbons (Fsp3) is 0.857. The predicted molar refractivity (Wildman–Crippen MR) is 70.0 cm³/mol. The normalized spacial score (nSPS) is 29.6. The zero-order valence-electron chi connectivity index (χ0n) is 11.9. The molecule has 2 amide bonds. The summed E-state index contributed by atoms with van der Waals surface area (Å²) in [6.07, 6.45) is 3.61. The lowest BCUT2D eigenvalue weighted by Gasteiger charge is -2.51. The van der Waals surface area contributed by atoms with Gasteiger partial charge in [-0.3, -0.25) is 9.59 Å². The zero-order chi connectivity index (χ0) is 13.5. The molecular weight excluding hydrogens is 228 g/mol. The molecule has 0 aromatic heterocycles. The number of nitrogens with zero attached hydrogens (tertiary/aromatic N) is 2. The Hall–Kier alpha value is -1.06. The van der Waals surface area contributed by atoms with Gasteiger partial charge in [0.05, 0.1) is 0 Å². The van der Waals surface area contributed by atoms with Crippen molar-refractivity contribution in [3.05, 3.63) is 0 Å². The molecule has 2 rings (SSSR count). The van der Waals surface area contributed by atoms with Crippen molar-refractivity contribution in [3.63, 3.8) is 0 Å². The summed E-state index contributed by atoms with van der Waals surface area (Å²) < 4.78 is 0. The van der Waals surface area contributed by atoms with E-state index in [0.717, 1.165) is 25.8 Å². The summed E-state index contributed by atoms with van der Waals surface area (Å²) in [6, 6.07) is -0.472. The lowest BCUT2D eigenvalue weighted by molar-refractivity contribution is -0.169. The number of piperazine rings is 1. The summed E-state index contributed by atoms with van der Waals surface area (Å²) in [6.45, 7) is 8.78. The molecule has 18 heavy (non-hydrogen) atoms. The molecule has 4 heteroatoms. The van der Waals surface area contributed by atoms with Crippen LogP contribution in [0.1, 0.15) is 53.4 Å². The van der Waals surface area contributed by atoms with Gasteiger partial charge in [0.15, 0.2) is 0 Å². The van der Waals surface area contributed by atoms with Crippen LogP contribution in [0.25, 0.3) is 0 Å². The Morgan fingerprint density at radius 1 is 1.17 bits per heavy atom. The molecule has 0 N–H and O–H groups in total. The van der Waals surface area contributed by atoms with Crippen LogP contribution < -0.4 is 0 Å². The second kappa shape index (κ2) is 4.56. The van der Waals surface area contributed by atoms with Gasteiger partial charge in [-0.2, -0.15) is 0 Å². The van der Waals surface area contributed by atoms with E-state index >= 15 is 0 Å². The van der Waals surface area contributed by atoms with Crippen LogP contribution in [0, 0.1) is 0 Å².